The van der Waals surface area contributed by atoms with Gasteiger partial charge in [0.25, 0.3) is 0 Å². The van der Waals surface area contributed by atoms with Crippen LogP contribution < -0.4 is 4.72 Å². The van der Waals surface area contributed by atoms with Crippen LogP contribution >= 0.6 is 11.6 Å². The summed E-state index contributed by atoms with van der Waals surface area (Å²) in [6, 6.07) is 4.26. The molecule has 11 heteroatoms. The van der Waals surface area contributed by atoms with Crippen LogP contribution in [-0.4, -0.2) is 86.5 Å². The summed E-state index contributed by atoms with van der Waals surface area (Å²) in [5, 5.41) is 0.437. The summed E-state index contributed by atoms with van der Waals surface area (Å²) in [5.41, 5.74) is 0.220. The third-order valence-electron chi connectivity index (χ3n) is 6.14. The van der Waals surface area contributed by atoms with E-state index in [2.05, 4.69) is 4.72 Å². The van der Waals surface area contributed by atoms with E-state index in [1.54, 1.807) is 4.90 Å². The van der Waals surface area contributed by atoms with Crippen molar-refractivity contribution in [3.8, 4) is 0 Å². The van der Waals surface area contributed by atoms with Crippen LogP contribution in [0.3, 0.4) is 0 Å². The first kappa shape index (κ1) is 25.6. The van der Waals surface area contributed by atoms with Gasteiger partial charge in [0, 0.05) is 30.2 Å². The highest BCUT2D eigenvalue weighted by Gasteiger charge is 2.43. The minimum Gasteiger partial charge on any atom is -0.378 e. The van der Waals surface area contributed by atoms with Crippen LogP contribution in [0.2, 0.25) is 5.02 Å². The fourth-order valence-corrected chi connectivity index (χ4v) is 5.49. The van der Waals surface area contributed by atoms with E-state index in [1.807, 2.05) is 13.8 Å². The molecule has 3 rings (SSSR count). The smallest absolute Gasteiger partial charge is 0.245 e. The number of likely N-dealkylation sites (tertiary alicyclic amines) is 1. The average Bonchev–Trinajstić information content (AvgIpc) is 3.13. The van der Waals surface area contributed by atoms with Gasteiger partial charge in [-0.3, -0.25) is 14.4 Å². The zero-order valence-electron chi connectivity index (χ0n) is 18.8. The minimum absolute atomic E-state index is 0.0915. The van der Waals surface area contributed by atoms with Crippen LogP contribution in [0, 0.1) is 5.92 Å². The Bertz CT molecular complexity index is 978. The maximum atomic E-state index is 13.2. The van der Waals surface area contributed by atoms with Crippen LogP contribution in [0.4, 0.5) is 0 Å². The number of rotatable bonds is 9. The van der Waals surface area contributed by atoms with Crippen molar-refractivity contribution in [1.82, 2.24) is 14.5 Å². The highest BCUT2D eigenvalue weighted by Crippen LogP contribution is 2.24. The summed E-state index contributed by atoms with van der Waals surface area (Å²) in [7, 11) is -4.06. The number of morpholine rings is 1. The summed E-state index contributed by atoms with van der Waals surface area (Å²) in [6.07, 6.45) is 0.924. The maximum Gasteiger partial charge on any atom is 0.245 e. The van der Waals surface area contributed by atoms with Gasteiger partial charge in [0.05, 0.1) is 13.2 Å². The van der Waals surface area contributed by atoms with Crippen molar-refractivity contribution in [2.45, 2.75) is 38.8 Å². The Labute approximate surface area is 199 Å². The van der Waals surface area contributed by atoms with Gasteiger partial charge in [0.1, 0.15) is 17.8 Å². The van der Waals surface area contributed by atoms with Crippen molar-refractivity contribution in [2.24, 2.45) is 5.92 Å². The largest absolute Gasteiger partial charge is 0.378 e. The zero-order valence-corrected chi connectivity index (χ0v) is 20.4. The van der Waals surface area contributed by atoms with Gasteiger partial charge in [-0.25, -0.2) is 13.1 Å². The molecule has 2 saturated heterocycles. The second kappa shape index (κ2) is 10.9. The van der Waals surface area contributed by atoms with Gasteiger partial charge < -0.3 is 14.5 Å². The Morgan fingerprint density at radius 1 is 1.18 bits per heavy atom. The second-order valence-electron chi connectivity index (χ2n) is 8.45. The van der Waals surface area contributed by atoms with Crippen molar-refractivity contribution in [1.29, 1.82) is 0 Å². The predicted molar refractivity (Wildman–Crippen MR) is 123 cm³/mol. The normalized spacial score (nSPS) is 21.2. The Balaban J connectivity index is 1.68. The lowest BCUT2D eigenvalue weighted by atomic mass is 9.96. The number of halogens is 1. The molecule has 0 radical (unpaired) electrons. The fraction of sp³-hybridized carbons (Fsp3) is 0.591. The molecule has 3 atom stereocenters. The molecule has 1 N–H and O–H groups in total. The Hall–Kier alpha value is -2.01. The van der Waals surface area contributed by atoms with Crippen molar-refractivity contribution in [3.63, 3.8) is 0 Å². The van der Waals surface area contributed by atoms with E-state index < -0.39 is 39.6 Å². The average molecular weight is 500 g/mol. The maximum absolute atomic E-state index is 13.2. The summed E-state index contributed by atoms with van der Waals surface area (Å²) in [4.78, 5) is 41.9. The van der Waals surface area contributed by atoms with Crippen LogP contribution in [-0.2, 0) is 24.3 Å². The SMILES string of the molecule is CC[C@H](C)[C@@H](C(=O)N1CCOCC1)N1CC[C@H](NS(=O)(=O)CC(=O)c2ccc(Cl)cc2)C1=O. The van der Waals surface area contributed by atoms with Gasteiger partial charge in [-0.15, -0.1) is 0 Å². The molecule has 2 aliphatic heterocycles. The highest BCUT2D eigenvalue weighted by molar-refractivity contribution is 7.90. The number of carbonyl (C=O) groups excluding carboxylic acids is 3. The molecule has 182 valence electrons. The predicted octanol–water partition coefficient (Wildman–Crippen LogP) is 1.32. The van der Waals surface area contributed by atoms with Crippen molar-refractivity contribution in [3.05, 3.63) is 34.9 Å². The zero-order chi connectivity index (χ0) is 24.2. The number of ketones is 1. The molecule has 2 amide bonds. The molecular weight excluding hydrogens is 470 g/mol. The molecule has 0 aliphatic carbocycles. The molecule has 2 fully saturated rings. The highest BCUT2D eigenvalue weighted by atomic mass is 35.5. The quantitative estimate of drug-likeness (QED) is 0.513. The third kappa shape index (κ3) is 6.32. The van der Waals surface area contributed by atoms with E-state index in [4.69, 9.17) is 16.3 Å². The number of hydrogen-bond donors (Lipinski definition) is 1. The summed E-state index contributed by atoms with van der Waals surface area (Å²) < 4.78 is 32.9. The number of benzene rings is 1. The molecule has 9 nitrogen and oxygen atoms in total. The fourth-order valence-electron chi connectivity index (χ4n) is 4.12. The van der Waals surface area contributed by atoms with E-state index in [-0.39, 0.29) is 30.4 Å². The van der Waals surface area contributed by atoms with Crippen molar-refractivity contribution in [2.75, 3.05) is 38.6 Å². The number of Topliss-reactive ketones (excluding diaryl/α,β-unsaturated/α-hetero) is 1. The number of nitrogens with one attached hydrogen (secondary N) is 1. The number of ether oxygens (including phenoxy) is 1. The number of sulfonamides is 1. The lowest BCUT2D eigenvalue weighted by Crippen LogP contribution is -2.56. The molecule has 0 aromatic heterocycles. The molecule has 1 aromatic rings. The molecular formula is C22H30ClN3O6S. The first-order valence-corrected chi connectivity index (χ1v) is 13.1. The standard InChI is InChI=1S/C22H30ClN3O6S/c1-3-15(2)20(22(29)25-10-12-32-13-11-25)26-9-8-18(21(26)28)24-33(30,31)14-19(27)16-4-6-17(23)7-5-16/h4-7,15,18,20,24H,3,8-14H2,1-2H3/t15-,18-,20-/m0/s1. The lowest BCUT2D eigenvalue weighted by molar-refractivity contribution is -0.149. The van der Waals surface area contributed by atoms with E-state index in [0.717, 1.165) is 0 Å². The summed E-state index contributed by atoms with van der Waals surface area (Å²) in [5.74, 6) is -2.04. The van der Waals surface area contributed by atoms with Gasteiger partial charge >= 0.3 is 0 Å². The first-order chi connectivity index (χ1) is 15.6. The third-order valence-corrected chi connectivity index (χ3v) is 7.68. The van der Waals surface area contributed by atoms with Crippen LogP contribution in [0.15, 0.2) is 24.3 Å². The molecule has 1 aromatic carbocycles. The van der Waals surface area contributed by atoms with Crippen LogP contribution in [0.5, 0.6) is 0 Å². The topological polar surface area (TPSA) is 113 Å². The Morgan fingerprint density at radius 2 is 1.82 bits per heavy atom. The Morgan fingerprint density at radius 3 is 2.42 bits per heavy atom. The van der Waals surface area contributed by atoms with Crippen molar-refractivity contribution >= 4 is 39.2 Å². The van der Waals surface area contributed by atoms with Crippen molar-refractivity contribution < 1.29 is 27.5 Å². The van der Waals surface area contributed by atoms with Crippen LogP contribution in [0.1, 0.15) is 37.0 Å². The number of carbonyl (C=O) groups is 3. The van der Waals surface area contributed by atoms with Gasteiger partial charge in [-0.05, 0) is 36.6 Å². The molecule has 2 heterocycles. The molecule has 0 bridgehead atoms. The Kier molecular flexibility index (Phi) is 8.49. The summed E-state index contributed by atoms with van der Waals surface area (Å²) in [6.45, 7) is 5.98. The number of hydrogen-bond acceptors (Lipinski definition) is 6. The molecule has 33 heavy (non-hydrogen) atoms. The van der Waals surface area contributed by atoms with Gasteiger partial charge in [0.15, 0.2) is 5.78 Å². The monoisotopic (exact) mass is 499 g/mol. The number of amides is 2. The minimum atomic E-state index is -4.06. The number of nitrogens with zero attached hydrogens (tertiary/aromatic N) is 2. The second-order valence-corrected chi connectivity index (χ2v) is 10.6. The van der Waals surface area contributed by atoms with Crippen LogP contribution in [0.25, 0.3) is 0 Å². The van der Waals surface area contributed by atoms with E-state index in [0.29, 0.717) is 37.7 Å². The van der Waals surface area contributed by atoms with E-state index in [1.165, 1.54) is 29.2 Å². The van der Waals surface area contributed by atoms with Gasteiger partial charge in [-0.1, -0.05) is 31.9 Å². The van der Waals surface area contributed by atoms with E-state index in [9.17, 15) is 22.8 Å². The molecule has 0 saturated carbocycles. The first-order valence-electron chi connectivity index (χ1n) is 11.1. The van der Waals surface area contributed by atoms with E-state index >= 15 is 0 Å². The molecule has 0 unspecified atom stereocenters. The van der Waals surface area contributed by atoms with Gasteiger partial charge in [0.2, 0.25) is 21.8 Å². The summed E-state index contributed by atoms with van der Waals surface area (Å²) >= 11 is 5.81. The molecule has 0 spiro atoms. The molecule has 2 aliphatic rings. The lowest BCUT2D eigenvalue weighted by Gasteiger charge is -2.37. The van der Waals surface area contributed by atoms with Gasteiger partial charge in [-0.2, -0.15) is 0 Å².